The molecule has 2 heterocycles. The Morgan fingerprint density at radius 1 is 1.12 bits per heavy atom. The van der Waals surface area contributed by atoms with E-state index in [1.54, 1.807) is 12.3 Å². The minimum atomic E-state index is -1.00. The highest BCUT2D eigenvalue weighted by Gasteiger charge is 2.49. The zero-order valence-electron chi connectivity index (χ0n) is 13.8. The van der Waals surface area contributed by atoms with Gasteiger partial charge in [-0.15, -0.1) is 0 Å². The van der Waals surface area contributed by atoms with Crippen molar-refractivity contribution in [3.63, 3.8) is 0 Å². The fourth-order valence-corrected chi connectivity index (χ4v) is 3.76. The number of rotatable bonds is 3. The number of halogens is 2. The maximum atomic E-state index is 13.6. The number of nitrogens with zero attached hydrogens (tertiary/aromatic N) is 2. The maximum absolute atomic E-state index is 13.6. The summed E-state index contributed by atoms with van der Waals surface area (Å²) in [6.07, 6.45) is 8.09. The number of amides is 1. The van der Waals surface area contributed by atoms with Gasteiger partial charge >= 0.3 is 0 Å². The second kappa shape index (κ2) is 5.72. The number of anilines is 1. The smallest absolute Gasteiger partial charge is 0.262 e. The molecule has 0 saturated heterocycles. The highest BCUT2D eigenvalue weighted by atomic mass is 19.1. The molecule has 4 nitrogen and oxygen atoms in total. The highest BCUT2D eigenvalue weighted by Crippen LogP contribution is 2.63. The van der Waals surface area contributed by atoms with E-state index in [0.717, 1.165) is 24.4 Å². The Hall–Kier alpha value is -2.63. The minimum Gasteiger partial charge on any atom is -0.306 e. The summed E-state index contributed by atoms with van der Waals surface area (Å²) in [4.78, 5) is 19.7. The van der Waals surface area contributed by atoms with Crippen LogP contribution in [0.25, 0.3) is 5.57 Å². The predicted octanol–water partition coefficient (Wildman–Crippen LogP) is 4.35. The van der Waals surface area contributed by atoms with E-state index in [1.165, 1.54) is 30.4 Å². The van der Waals surface area contributed by atoms with E-state index in [-0.39, 0.29) is 5.82 Å². The van der Waals surface area contributed by atoms with E-state index >= 15 is 0 Å². The molecule has 0 bridgehead atoms. The molecular weight excluding hydrogens is 324 g/mol. The topological polar surface area (TPSA) is 54.9 Å². The summed E-state index contributed by atoms with van der Waals surface area (Å²) in [7, 11) is 0. The van der Waals surface area contributed by atoms with Crippen molar-refractivity contribution in [1.29, 1.82) is 0 Å². The number of carbonyl (C=O) groups is 1. The zero-order valence-corrected chi connectivity index (χ0v) is 13.8. The quantitative estimate of drug-likeness (QED) is 0.903. The number of carbonyl (C=O) groups excluding carboxylic acids is 1. The van der Waals surface area contributed by atoms with E-state index in [9.17, 15) is 13.6 Å². The van der Waals surface area contributed by atoms with Crippen molar-refractivity contribution in [2.24, 2.45) is 5.41 Å². The van der Waals surface area contributed by atoms with Crippen LogP contribution in [0.1, 0.15) is 48.5 Å². The van der Waals surface area contributed by atoms with E-state index in [2.05, 4.69) is 22.2 Å². The van der Waals surface area contributed by atoms with Gasteiger partial charge in [-0.3, -0.25) is 9.78 Å². The molecule has 2 aliphatic carbocycles. The largest absolute Gasteiger partial charge is 0.306 e. The van der Waals surface area contributed by atoms with Crippen molar-refractivity contribution in [2.45, 2.75) is 32.6 Å². The normalized spacial score (nSPS) is 17.9. The molecule has 1 spiro atoms. The lowest BCUT2D eigenvalue weighted by Gasteiger charge is -2.14. The molecule has 4 rings (SSSR count). The van der Waals surface area contributed by atoms with Crippen molar-refractivity contribution in [3.8, 4) is 0 Å². The Labute approximate surface area is 144 Å². The van der Waals surface area contributed by atoms with Crippen molar-refractivity contribution in [3.05, 3.63) is 59.1 Å². The summed E-state index contributed by atoms with van der Waals surface area (Å²) in [5, 5.41) is 2.43. The average molecular weight is 341 g/mol. The average Bonchev–Trinajstić information content (AvgIpc) is 3.27. The van der Waals surface area contributed by atoms with Gasteiger partial charge in [0, 0.05) is 6.20 Å². The van der Waals surface area contributed by atoms with E-state index < -0.39 is 23.1 Å². The third-order valence-corrected chi connectivity index (χ3v) is 5.16. The first kappa shape index (κ1) is 15.9. The molecule has 0 atom stereocenters. The van der Waals surface area contributed by atoms with E-state index in [4.69, 9.17) is 0 Å². The molecule has 2 aromatic heterocycles. The van der Waals surface area contributed by atoms with Crippen molar-refractivity contribution in [1.82, 2.24) is 9.97 Å². The van der Waals surface area contributed by atoms with Gasteiger partial charge in [-0.05, 0) is 61.3 Å². The SMILES string of the molecule is CC1=C(c2ccc(NC(=O)c3c(F)cncc3F)nc2)C2(CC1)CC2. The summed E-state index contributed by atoms with van der Waals surface area (Å²) in [6, 6.07) is 3.57. The molecular formula is C19H17F2N3O. The molecule has 128 valence electrons. The van der Waals surface area contributed by atoms with Crippen LogP contribution < -0.4 is 5.32 Å². The van der Waals surface area contributed by atoms with Gasteiger partial charge in [-0.25, -0.2) is 13.8 Å². The summed E-state index contributed by atoms with van der Waals surface area (Å²) in [5.74, 6) is -2.63. The molecule has 1 N–H and O–H groups in total. The van der Waals surface area contributed by atoms with Gasteiger partial charge in [0.25, 0.3) is 5.91 Å². The summed E-state index contributed by atoms with van der Waals surface area (Å²) >= 11 is 0. The molecule has 2 aromatic rings. The summed E-state index contributed by atoms with van der Waals surface area (Å²) in [5.41, 5.74) is 3.51. The molecule has 0 aromatic carbocycles. The van der Waals surface area contributed by atoms with Crippen molar-refractivity contribution >= 4 is 17.3 Å². The van der Waals surface area contributed by atoms with Crippen molar-refractivity contribution in [2.75, 3.05) is 5.32 Å². The number of nitrogens with one attached hydrogen (secondary N) is 1. The molecule has 1 fully saturated rings. The lowest BCUT2D eigenvalue weighted by atomic mass is 9.92. The Kier molecular flexibility index (Phi) is 3.63. The molecule has 2 aliphatic rings. The fourth-order valence-electron chi connectivity index (χ4n) is 3.76. The molecule has 1 saturated carbocycles. The molecule has 25 heavy (non-hydrogen) atoms. The van der Waals surface area contributed by atoms with Crippen LogP contribution in [0.5, 0.6) is 0 Å². The number of hydrogen-bond acceptors (Lipinski definition) is 3. The van der Waals surface area contributed by atoms with Crippen LogP contribution in [0.15, 0.2) is 36.3 Å². The lowest BCUT2D eigenvalue weighted by Crippen LogP contribution is -2.17. The van der Waals surface area contributed by atoms with Gasteiger partial charge in [0.05, 0.1) is 12.4 Å². The van der Waals surface area contributed by atoms with Gasteiger partial charge in [0.15, 0.2) is 11.6 Å². The van der Waals surface area contributed by atoms with Gasteiger partial charge in [0.2, 0.25) is 0 Å². The Morgan fingerprint density at radius 3 is 2.44 bits per heavy atom. The summed E-state index contributed by atoms with van der Waals surface area (Å²) < 4.78 is 27.2. The molecule has 0 unspecified atom stereocenters. The molecule has 6 heteroatoms. The molecule has 1 amide bonds. The van der Waals surface area contributed by atoms with Crippen LogP contribution in [0.4, 0.5) is 14.6 Å². The lowest BCUT2D eigenvalue weighted by molar-refractivity contribution is 0.101. The van der Waals surface area contributed by atoms with E-state index in [1.807, 2.05) is 6.07 Å². The summed E-state index contributed by atoms with van der Waals surface area (Å²) in [6.45, 7) is 2.16. The van der Waals surface area contributed by atoms with E-state index in [0.29, 0.717) is 5.41 Å². The van der Waals surface area contributed by atoms with Crippen molar-refractivity contribution < 1.29 is 13.6 Å². The van der Waals surface area contributed by atoms with Crippen LogP contribution in [0, 0.1) is 17.0 Å². The molecule has 0 radical (unpaired) electrons. The van der Waals surface area contributed by atoms with Crippen LogP contribution in [-0.4, -0.2) is 15.9 Å². The molecule has 0 aliphatic heterocycles. The second-order valence-corrected chi connectivity index (χ2v) is 6.80. The third-order valence-electron chi connectivity index (χ3n) is 5.16. The first-order chi connectivity index (χ1) is 12.0. The van der Waals surface area contributed by atoms with Crippen LogP contribution >= 0.6 is 0 Å². The number of pyridine rings is 2. The van der Waals surface area contributed by atoms with Crippen LogP contribution in [0.3, 0.4) is 0 Å². The fraction of sp³-hybridized carbons (Fsp3) is 0.316. The van der Waals surface area contributed by atoms with Gasteiger partial charge in [-0.1, -0.05) is 5.57 Å². The first-order valence-electron chi connectivity index (χ1n) is 8.27. The maximum Gasteiger partial charge on any atom is 0.262 e. The van der Waals surface area contributed by atoms with Gasteiger partial charge < -0.3 is 5.32 Å². The van der Waals surface area contributed by atoms with Gasteiger partial charge in [-0.2, -0.15) is 0 Å². The highest BCUT2D eigenvalue weighted by molar-refractivity contribution is 6.04. The number of hydrogen-bond donors (Lipinski definition) is 1. The zero-order chi connectivity index (χ0) is 17.6. The monoisotopic (exact) mass is 341 g/mol. The Morgan fingerprint density at radius 2 is 1.84 bits per heavy atom. The third kappa shape index (κ3) is 2.71. The standard InChI is InChI=1S/C19H17F2N3O/c1-11-4-5-19(6-7-19)17(11)12-2-3-15(23-8-12)24-18(25)16-13(20)9-22-10-14(16)21/h2-3,8-10H,4-7H2,1H3,(H,23,24,25). The van der Waals surface area contributed by atoms with Crippen LogP contribution in [0.2, 0.25) is 0 Å². The predicted molar refractivity (Wildman–Crippen MR) is 89.8 cm³/mol. The first-order valence-corrected chi connectivity index (χ1v) is 8.27. The van der Waals surface area contributed by atoms with Gasteiger partial charge in [0.1, 0.15) is 11.4 Å². The Bertz CT molecular complexity index is 866. The number of aromatic nitrogens is 2. The Balaban J connectivity index is 1.55. The second-order valence-electron chi connectivity index (χ2n) is 6.80. The minimum absolute atomic E-state index is 0.255. The van der Waals surface area contributed by atoms with Crippen LogP contribution in [-0.2, 0) is 0 Å². The number of allylic oxidation sites excluding steroid dienone is 2.